The van der Waals surface area contributed by atoms with Crippen LogP contribution in [-0.4, -0.2) is 57.5 Å². The number of phenols is 1. The molecule has 1 heterocycles. The highest BCUT2D eigenvalue weighted by Crippen LogP contribution is 2.25. The van der Waals surface area contributed by atoms with Crippen LogP contribution in [0.1, 0.15) is 25.3 Å². The Bertz CT molecular complexity index is 878. The van der Waals surface area contributed by atoms with Crippen LogP contribution < -0.4 is 25.0 Å². The van der Waals surface area contributed by atoms with E-state index < -0.39 is 0 Å². The normalized spacial score (nSPS) is 16.2. The Morgan fingerprint density at radius 2 is 1.94 bits per heavy atom. The molecule has 0 saturated carbocycles. The summed E-state index contributed by atoms with van der Waals surface area (Å²) in [6.07, 6.45) is 2.88. The number of anilines is 1. The molecular weight excluding hydrogens is 519 g/mol. The van der Waals surface area contributed by atoms with Gasteiger partial charge in [-0.2, -0.15) is 0 Å². The molecule has 2 aromatic carbocycles. The Kier molecular flexibility index (Phi) is 10.7. The van der Waals surface area contributed by atoms with Gasteiger partial charge in [0.1, 0.15) is 17.2 Å². The molecule has 0 bridgehead atoms. The largest absolute Gasteiger partial charge is 0.508 e. The lowest BCUT2D eigenvalue weighted by atomic mass is 10.0. The van der Waals surface area contributed by atoms with Crippen LogP contribution in [0.25, 0.3) is 0 Å². The molecule has 32 heavy (non-hydrogen) atoms. The van der Waals surface area contributed by atoms with Crippen molar-refractivity contribution < 1.29 is 14.6 Å². The lowest BCUT2D eigenvalue weighted by molar-refractivity contribution is 0.406. The molecule has 1 aliphatic rings. The monoisotopic (exact) mass is 554 g/mol. The fourth-order valence-electron chi connectivity index (χ4n) is 3.82. The average Bonchev–Trinajstić information content (AvgIpc) is 2.80. The van der Waals surface area contributed by atoms with Gasteiger partial charge in [-0.3, -0.25) is 4.99 Å². The fraction of sp³-hybridized carbons (Fsp3) is 0.458. The van der Waals surface area contributed by atoms with Gasteiger partial charge in [0.25, 0.3) is 0 Å². The number of guanidine groups is 1. The van der Waals surface area contributed by atoms with Crippen molar-refractivity contribution in [2.45, 2.75) is 32.2 Å². The third-order valence-corrected chi connectivity index (χ3v) is 5.47. The molecule has 0 radical (unpaired) electrons. The van der Waals surface area contributed by atoms with Gasteiger partial charge in [-0.05, 0) is 49.9 Å². The Morgan fingerprint density at radius 1 is 1.16 bits per heavy atom. The Labute approximate surface area is 208 Å². The van der Waals surface area contributed by atoms with E-state index in [-0.39, 0.29) is 29.7 Å². The first kappa shape index (κ1) is 25.9. The zero-order chi connectivity index (χ0) is 22.1. The van der Waals surface area contributed by atoms with Crippen LogP contribution in [0, 0.1) is 0 Å². The maximum Gasteiger partial charge on any atom is 0.191 e. The number of nitrogens with zero attached hydrogens (tertiary/aromatic N) is 2. The molecule has 1 fully saturated rings. The topological polar surface area (TPSA) is 78.4 Å². The Hall–Kier alpha value is -2.36. The molecule has 2 aromatic rings. The Balaban J connectivity index is 0.00000363. The van der Waals surface area contributed by atoms with E-state index in [9.17, 15) is 5.11 Å². The van der Waals surface area contributed by atoms with E-state index in [1.54, 1.807) is 20.3 Å². The number of rotatable bonds is 8. The van der Waals surface area contributed by atoms with Crippen LogP contribution in [-0.2, 0) is 6.42 Å². The fourth-order valence-corrected chi connectivity index (χ4v) is 3.82. The van der Waals surface area contributed by atoms with E-state index >= 15 is 0 Å². The molecule has 1 atom stereocenters. The summed E-state index contributed by atoms with van der Waals surface area (Å²) in [6, 6.07) is 13.9. The van der Waals surface area contributed by atoms with Gasteiger partial charge in [0.2, 0.25) is 0 Å². The Morgan fingerprint density at radius 3 is 2.66 bits per heavy atom. The lowest BCUT2D eigenvalue weighted by Crippen LogP contribution is -2.51. The van der Waals surface area contributed by atoms with Crippen LogP contribution in [0.15, 0.2) is 47.5 Å². The van der Waals surface area contributed by atoms with Gasteiger partial charge in [0.05, 0.1) is 14.2 Å². The van der Waals surface area contributed by atoms with E-state index in [1.807, 2.05) is 24.3 Å². The predicted molar refractivity (Wildman–Crippen MR) is 141 cm³/mol. The van der Waals surface area contributed by atoms with Gasteiger partial charge >= 0.3 is 0 Å². The van der Waals surface area contributed by atoms with E-state index in [4.69, 9.17) is 14.5 Å². The number of aromatic hydroxyl groups is 1. The van der Waals surface area contributed by atoms with E-state index in [1.165, 1.54) is 5.69 Å². The quantitative estimate of drug-likeness (QED) is 0.262. The third kappa shape index (κ3) is 7.36. The number of hydrogen-bond acceptors (Lipinski definition) is 5. The van der Waals surface area contributed by atoms with Crippen molar-refractivity contribution in [3.05, 3.63) is 48.0 Å². The first-order valence-corrected chi connectivity index (χ1v) is 10.9. The lowest BCUT2D eigenvalue weighted by Gasteiger charge is -2.35. The first-order chi connectivity index (χ1) is 15.1. The van der Waals surface area contributed by atoms with E-state index in [0.29, 0.717) is 24.8 Å². The highest BCUT2D eigenvalue weighted by atomic mass is 127. The summed E-state index contributed by atoms with van der Waals surface area (Å²) in [7, 11) is 3.29. The number of piperidine rings is 1. The second kappa shape index (κ2) is 13.2. The molecule has 1 unspecified atom stereocenters. The van der Waals surface area contributed by atoms with Gasteiger partial charge in [0, 0.05) is 50.0 Å². The standard InChI is InChI=1S/C24H34N4O3.HI/c1-4-25-24(26-13-12-18-10-11-22(31-3)16-23(18)29)27-19-7-6-14-28(17-19)20-8-5-9-21(15-20)30-2;/h5,8-11,15-16,19,29H,4,6-7,12-14,17H2,1-3H3,(H2,25,26,27);1H. The number of ether oxygens (including phenoxy) is 2. The number of phenolic OH excluding ortho intramolecular Hbond substituents is 1. The summed E-state index contributed by atoms with van der Waals surface area (Å²) in [5.74, 6) is 2.59. The number of halogens is 1. The number of aliphatic imine (C=N–C) groups is 1. The molecule has 176 valence electrons. The first-order valence-electron chi connectivity index (χ1n) is 10.9. The minimum Gasteiger partial charge on any atom is -0.508 e. The molecule has 0 spiro atoms. The van der Waals surface area contributed by atoms with Gasteiger partial charge in [-0.25, -0.2) is 0 Å². The number of hydrogen-bond donors (Lipinski definition) is 3. The molecule has 1 saturated heterocycles. The summed E-state index contributed by atoms with van der Waals surface area (Å²) in [4.78, 5) is 7.12. The minimum atomic E-state index is 0. The molecule has 0 aromatic heterocycles. The molecule has 0 aliphatic carbocycles. The predicted octanol–water partition coefficient (Wildman–Crippen LogP) is 3.79. The number of nitrogens with one attached hydrogen (secondary N) is 2. The van der Waals surface area contributed by atoms with Gasteiger partial charge in [-0.1, -0.05) is 12.1 Å². The van der Waals surface area contributed by atoms with Crippen molar-refractivity contribution >= 4 is 35.6 Å². The van der Waals surface area contributed by atoms with Crippen molar-refractivity contribution in [2.24, 2.45) is 4.99 Å². The second-order valence-corrected chi connectivity index (χ2v) is 7.64. The maximum atomic E-state index is 10.2. The average molecular weight is 554 g/mol. The number of benzene rings is 2. The summed E-state index contributed by atoms with van der Waals surface area (Å²) < 4.78 is 10.5. The van der Waals surface area contributed by atoms with Gasteiger partial charge in [0.15, 0.2) is 5.96 Å². The zero-order valence-corrected chi connectivity index (χ0v) is 21.5. The minimum absolute atomic E-state index is 0. The molecule has 0 amide bonds. The summed E-state index contributed by atoms with van der Waals surface area (Å²) in [5, 5.41) is 17.1. The SMILES string of the molecule is CCNC(=NCCc1ccc(OC)cc1O)NC1CCCN(c2cccc(OC)c2)C1.I. The van der Waals surface area contributed by atoms with E-state index in [2.05, 4.69) is 34.6 Å². The molecule has 7 nitrogen and oxygen atoms in total. The molecule has 1 aliphatic heterocycles. The van der Waals surface area contributed by atoms with Crippen molar-refractivity contribution in [3.63, 3.8) is 0 Å². The van der Waals surface area contributed by atoms with Crippen molar-refractivity contribution in [1.82, 2.24) is 10.6 Å². The van der Waals surface area contributed by atoms with Crippen molar-refractivity contribution in [1.29, 1.82) is 0 Å². The third-order valence-electron chi connectivity index (χ3n) is 5.47. The number of methoxy groups -OCH3 is 2. The van der Waals surface area contributed by atoms with Crippen molar-refractivity contribution in [3.8, 4) is 17.2 Å². The summed E-state index contributed by atoms with van der Waals surface area (Å²) in [5.41, 5.74) is 2.05. The van der Waals surface area contributed by atoms with Crippen LogP contribution >= 0.6 is 24.0 Å². The van der Waals surface area contributed by atoms with Crippen LogP contribution in [0.5, 0.6) is 17.2 Å². The highest BCUT2D eigenvalue weighted by molar-refractivity contribution is 14.0. The van der Waals surface area contributed by atoms with Crippen molar-refractivity contribution in [2.75, 3.05) is 45.3 Å². The molecule has 3 N–H and O–H groups in total. The summed E-state index contributed by atoms with van der Waals surface area (Å²) in [6.45, 7) is 5.40. The second-order valence-electron chi connectivity index (χ2n) is 7.64. The molecule has 8 heteroatoms. The van der Waals surface area contributed by atoms with Gasteiger partial charge < -0.3 is 30.1 Å². The smallest absolute Gasteiger partial charge is 0.191 e. The van der Waals surface area contributed by atoms with Crippen LogP contribution in [0.3, 0.4) is 0 Å². The molecular formula is C24H35IN4O3. The van der Waals surface area contributed by atoms with E-state index in [0.717, 1.165) is 49.7 Å². The van der Waals surface area contributed by atoms with Gasteiger partial charge in [-0.15, -0.1) is 24.0 Å². The highest BCUT2D eigenvalue weighted by Gasteiger charge is 2.21. The zero-order valence-electron chi connectivity index (χ0n) is 19.1. The maximum absolute atomic E-state index is 10.2. The van der Waals surface area contributed by atoms with Crippen LogP contribution in [0.4, 0.5) is 5.69 Å². The summed E-state index contributed by atoms with van der Waals surface area (Å²) >= 11 is 0. The van der Waals surface area contributed by atoms with Crippen LogP contribution in [0.2, 0.25) is 0 Å². The molecule has 3 rings (SSSR count).